The molecular weight excluding hydrogens is 258 g/mol. The molecule has 2 aromatic rings. The Hall–Kier alpha value is -2.51. The normalized spacial score (nSPS) is 10.3. The van der Waals surface area contributed by atoms with Crippen LogP contribution in [0.25, 0.3) is 0 Å². The van der Waals surface area contributed by atoms with Crippen molar-refractivity contribution in [3.8, 4) is 0 Å². The molecule has 2 heterocycles. The van der Waals surface area contributed by atoms with Crippen LogP contribution in [0.5, 0.6) is 0 Å². The summed E-state index contributed by atoms with van der Waals surface area (Å²) in [6, 6.07) is 0. The lowest BCUT2D eigenvalue weighted by Crippen LogP contribution is -2.27. The van der Waals surface area contributed by atoms with Crippen molar-refractivity contribution in [1.29, 1.82) is 0 Å². The lowest BCUT2D eigenvalue weighted by atomic mass is 10.3. The fourth-order valence-corrected chi connectivity index (χ4v) is 1.65. The summed E-state index contributed by atoms with van der Waals surface area (Å²) in [5, 5.41) is 9.76. The maximum absolute atomic E-state index is 12.2. The first-order chi connectivity index (χ1) is 9.60. The Bertz CT molecular complexity index is 578. The van der Waals surface area contributed by atoms with Crippen LogP contribution in [0.15, 0.2) is 12.4 Å². The number of rotatable bonds is 5. The van der Waals surface area contributed by atoms with Crippen molar-refractivity contribution in [2.75, 3.05) is 18.9 Å². The smallest absolute Gasteiger partial charge is 0.274 e. The highest BCUT2D eigenvalue weighted by molar-refractivity contribution is 5.91. The van der Waals surface area contributed by atoms with E-state index < -0.39 is 0 Å². The number of nitrogens with zero attached hydrogens (tertiary/aromatic N) is 5. The van der Waals surface area contributed by atoms with Gasteiger partial charge in [0.25, 0.3) is 5.91 Å². The van der Waals surface area contributed by atoms with Crippen LogP contribution in [-0.2, 0) is 6.54 Å². The number of aromatic nitrogens is 5. The second kappa shape index (κ2) is 6.09. The van der Waals surface area contributed by atoms with Crippen molar-refractivity contribution < 1.29 is 4.79 Å². The molecule has 20 heavy (non-hydrogen) atoms. The Labute approximate surface area is 116 Å². The van der Waals surface area contributed by atoms with E-state index in [0.717, 1.165) is 12.4 Å². The van der Waals surface area contributed by atoms with E-state index in [-0.39, 0.29) is 5.91 Å². The molecule has 0 saturated carbocycles. The zero-order valence-corrected chi connectivity index (χ0v) is 11.7. The van der Waals surface area contributed by atoms with Gasteiger partial charge in [-0.1, -0.05) is 0 Å². The zero-order chi connectivity index (χ0) is 14.5. The summed E-state index contributed by atoms with van der Waals surface area (Å²) in [5.74, 6) is 1.71. The first-order valence-corrected chi connectivity index (χ1v) is 6.29. The van der Waals surface area contributed by atoms with Gasteiger partial charge in [0.2, 0.25) is 0 Å². The van der Waals surface area contributed by atoms with Gasteiger partial charge in [-0.2, -0.15) is 5.10 Å². The molecule has 0 radical (unpaired) electrons. The van der Waals surface area contributed by atoms with E-state index >= 15 is 0 Å². The van der Waals surface area contributed by atoms with E-state index in [0.29, 0.717) is 23.9 Å². The molecule has 2 rings (SSSR count). The van der Waals surface area contributed by atoms with Gasteiger partial charge in [0, 0.05) is 13.6 Å². The Morgan fingerprint density at radius 3 is 2.75 bits per heavy atom. The first kappa shape index (κ1) is 13.9. The fourth-order valence-electron chi connectivity index (χ4n) is 1.65. The molecule has 1 amide bonds. The highest BCUT2D eigenvalue weighted by atomic mass is 16.2. The van der Waals surface area contributed by atoms with E-state index in [1.807, 2.05) is 13.8 Å². The van der Waals surface area contributed by atoms with Gasteiger partial charge in [0.05, 0.1) is 18.9 Å². The molecule has 0 aliphatic rings. The Balaban J connectivity index is 2.02. The van der Waals surface area contributed by atoms with Crippen molar-refractivity contribution in [1.82, 2.24) is 30.0 Å². The molecule has 8 heteroatoms. The van der Waals surface area contributed by atoms with Crippen LogP contribution in [0.2, 0.25) is 0 Å². The SMILES string of the molecule is CCNc1cnc(C(=O)N(C)Cc2n[nH]c(C)n2)cn1. The number of hydrogen-bond acceptors (Lipinski definition) is 6. The minimum atomic E-state index is -0.219. The predicted molar refractivity (Wildman–Crippen MR) is 73.1 cm³/mol. The van der Waals surface area contributed by atoms with Crippen molar-refractivity contribution in [2.24, 2.45) is 0 Å². The van der Waals surface area contributed by atoms with Gasteiger partial charge in [-0.3, -0.25) is 9.89 Å². The molecule has 2 aromatic heterocycles. The van der Waals surface area contributed by atoms with Crippen molar-refractivity contribution in [3.05, 3.63) is 29.7 Å². The largest absolute Gasteiger partial charge is 0.369 e. The average Bonchev–Trinajstić information content (AvgIpc) is 2.84. The topological polar surface area (TPSA) is 99.7 Å². The van der Waals surface area contributed by atoms with Crippen LogP contribution in [0.4, 0.5) is 5.82 Å². The van der Waals surface area contributed by atoms with E-state index in [9.17, 15) is 4.79 Å². The van der Waals surface area contributed by atoms with E-state index in [1.165, 1.54) is 11.1 Å². The summed E-state index contributed by atoms with van der Waals surface area (Å²) in [4.78, 5) is 26.0. The molecule has 0 spiro atoms. The van der Waals surface area contributed by atoms with E-state index in [4.69, 9.17) is 0 Å². The third kappa shape index (κ3) is 3.28. The molecule has 0 aliphatic carbocycles. The van der Waals surface area contributed by atoms with Gasteiger partial charge in [-0.05, 0) is 13.8 Å². The summed E-state index contributed by atoms with van der Waals surface area (Å²) >= 11 is 0. The molecular formula is C12H17N7O. The van der Waals surface area contributed by atoms with Gasteiger partial charge < -0.3 is 10.2 Å². The summed E-state index contributed by atoms with van der Waals surface area (Å²) < 4.78 is 0. The lowest BCUT2D eigenvalue weighted by Gasteiger charge is -2.14. The molecule has 0 unspecified atom stereocenters. The zero-order valence-electron chi connectivity index (χ0n) is 11.7. The standard InChI is InChI=1S/C12H17N7O/c1-4-13-10-6-14-9(5-15-10)12(20)19(3)7-11-16-8(2)17-18-11/h5-6H,4,7H2,1-3H3,(H,13,15)(H,16,17,18). The third-order valence-corrected chi connectivity index (χ3v) is 2.60. The predicted octanol–water partition coefficient (Wildman–Crippen LogP) is 0.607. The van der Waals surface area contributed by atoms with E-state index in [1.54, 1.807) is 13.2 Å². The molecule has 0 aliphatic heterocycles. The number of aromatic amines is 1. The molecule has 106 valence electrons. The quantitative estimate of drug-likeness (QED) is 0.829. The van der Waals surface area contributed by atoms with Crippen molar-refractivity contribution >= 4 is 11.7 Å². The summed E-state index contributed by atoms with van der Waals surface area (Å²) in [6.07, 6.45) is 3.00. The number of amides is 1. The molecule has 0 atom stereocenters. The lowest BCUT2D eigenvalue weighted by molar-refractivity contribution is 0.0775. The highest BCUT2D eigenvalue weighted by Gasteiger charge is 2.15. The number of carbonyl (C=O) groups is 1. The minimum Gasteiger partial charge on any atom is -0.369 e. The molecule has 0 fully saturated rings. The van der Waals surface area contributed by atoms with Crippen molar-refractivity contribution in [3.63, 3.8) is 0 Å². The average molecular weight is 275 g/mol. The Kier molecular flexibility index (Phi) is 4.24. The summed E-state index contributed by atoms with van der Waals surface area (Å²) in [7, 11) is 1.67. The van der Waals surface area contributed by atoms with Gasteiger partial charge in [-0.15, -0.1) is 0 Å². The van der Waals surface area contributed by atoms with Gasteiger partial charge in [0.1, 0.15) is 17.3 Å². The number of anilines is 1. The van der Waals surface area contributed by atoms with Gasteiger partial charge in [0.15, 0.2) is 5.82 Å². The Morgan fingerprint density at radius 2 is 2.20 bits per heavy atom. The van der Waals surface area contributed by atoms with Crippen LogP contribution >= 0.6 is 0 Å². The maximum Gasteiger partial charge on any atom is 0.274 e. The highest BCUT2D eigenvalue weighted by Crippen LogP contribution is 2.05. The molecule has 8 nitrogen and oxygen atoms in total. The summed E-state index contributed by atoms with van der Waals surface area (Å²) in [5.41, 5.74) is 0.293. The molecule has 0 bridgehead atoms. The number of nitrogens with one attached hydrogen (secondary N) is 2. The second-order valence-electron chi connectivity index (χ2n) is 4.32. The second-order valence-corrected chi connectivity index (χ2v) is 4.32. The first-order valence-electron chi connectivity index (χ1n) is 6.29. The molecule has 0 saturated heterocycles. The monoisotopic (exact) mass is 275 g/mol. The molecule has 2 N–H and O–H groups in total. The fraction of sp³-hybridized carbons (Fsp3) is 0.417. The van der Waals surface area contributed by atoms with Crippen LogP contribution < -0.4 is 5.32 Å². The number of carbonyl (C=O) groups excluding carboxylic acids is 1. The maximum atomic E-state index is 12.2. The van der Waals surface area contributed by atoms with Gasteiger partial charge >= 0.3 is 0 Å². The number of H-pyrrole nitrogens is 1. The van der Waals surface area contributed by atoms with E-state index in [2.05, 4.69) is 30.5 Å². The summed E-state index contributed by atoms with van der Waals surface area (Å²) in [6.45, 7) is 4.85. The number of hydrogen-bond donors (Lipinski definition) is 2. The van der Waals surface area contributed by atoms with Crippen LogP contribution in [0, 0.1) is 6.92 Å². The van der Waals surface area contributed by atoms with Crippen LogP contribution in [-0.4, -0.2) is 49.5 Å². The van der Waals surface area contributed by atoms with Crippen molar-refractivity contribution in [2.45, 2.75) is 20.4 Å². The van der Waals surface area contributed by atoms with Crippen LogP contribution in [0.1, 0.15) is 29.1 Å². The molecule has 0 aromatic carbocycles. The minimum absolute atomic E-state index is 0.219. The Morgan fingerprint density at radius 1 is 1.40 bits per heavy atom. The number of aryl methyl sites for hydroxylation is 1. The van der Waals surface area contributed by atoms with Crippen LogP contribution in [0.3, 0.4) is 0 Å². The third-order valence-electron chi connectivity index (χ3n) is 2.60. The van der Waals surface area contributed by atoms with Gasteiger partial charge in [-0.25, -0.2) is 15.0 Å².